The zero-order valence-corrected chi connectivity index (χ0v) is 14.0. The molecule has 1 amide bonds. The van der Waals surface area contributed by atoms with E-state index in [-0.39, 0.29) is 24.1 Å². The van der Waals surface area contributed by atoms with Crippen LogP contribution in [0.5, 0.6) is 0 Å². The third-order valence-corrected chi connectivity index (χ3v) is 4.86. The van der Waals surface area contributed by atoms with E-state index in [4.69, 9.17) is 0 Å². The van der Waals surface area contributed by atoms with Gasteiger partial charge in [0.05, 0.1) is 12.6 Å². The Morgan fingerprint density at radius 1 is 1.26 bits per heavy atom. The molecule has 1 fully saturated rings. The van der Waals surface area contributed by atoms with Gasteiger partial charge < -0.3 is 10.4 Å². The maximum absolute atomic E-state index is 11.9. The highest BCUT2D eigenvalue weighted by atomic mass is 16.3. The number of nitrogens with zero attached hydrogens (tertiary/aromatic N) is 2. The minimum atomic E-state index is -0.387. The molecule has 0 radical (unpaired) electrons. The lowest BCUT2D eigenvalue weighted by Gasteiger charge is -2.38. The molecule has 126 valence electrons. The number of fused-ring (bicyclic) bond motifs is 1. The van der Waals surface area contributed by atoms with Crippen molar-refractivity contribution < 1.29 is 9.90 Å². The van der Waals surface area contributed by atoms with Gasteiger partial charge in [-0.25, -0.2) is 0 Å². The Kier molecular flexibility index (Phi) is 4.99. The van der Waals surface area contributed by atoms with Gasteiger partial charge in [0, 0.05) is 38.3 Å². The Balaban J connectivity index is 1.51. The van der Waals surface area contributed by atoms with Crippen LogP contribution >= 0.6 is 0 Å². The molecule has 0 saturated carbocycles. The number of piperazine rings is 1. The highest BCUT2D eigenvalue weighted by Gasteiger charge is 2.36. The van der Waals surface area contributed by atoms with E-state index in [0.717, 1.165) is 38.2 Å². The molecule has 0 spiro atoms. The van der Waals surface area contributed by atoms with Gasteiger partial charge in [0.15, 0.2) is 0 Å². The van der Waals surface area contributed by atoms with Crippen molar-refractivity contribution >= 4 is 5.91 Å². The summed E-state index contributed by atoms with van der Waals surface area (Å²) in [7, 11) is 0. The number of benzene rings is 1. The average Bonchev–Trinajstić information content (AvgIpc) is 2.85. The second kappa shape index (κ2) is 6.99. The van der Waals surface area contributed by atoms with Crippen molar-refractivity contribution in [2.24, 2.45) is 0 Å². The topological polar surface area (TPSA) is 55.8 Å². The zero-order valence-electron chi connectivity index (χ0n) is 14.0. The largest absolute Gasteiger partial charge is 0.387 e. The first kappa shape index (κ1) is 16.4. The van der Waals surface area contributed by atoms with Gasteiger partial charge in [0.2, 0.25) is 5.91 Å². The van der Waals surface area contributed by atoms with E-state index in [1.807, 2.05) is 32.0 Å². The van der Waals surface area contributed by atoms with Crippen molar-refractivity contribution in [2.75, 3.05) is 32.7 Å². The van der Waals surface area contributed by atoms with Crippen LogP contribution in [0.3, 0.4) is 0 Å². The summed E-state index contributed by atoms with van der Waals surface area (Å²) in [6, 6.07) is 8.56. The van der Waals surface area contributed by atoms with Crippen molar-refractivity contribution in [1.29, 1.82) is 0 Å². The van der Waals surface area contributed by atoms with Gasteiger partial charge in [-0.15, -0.1) is 0 Å². The molecule has 0 aromatic heterocycles. The highest BCUT2D eigenvalue weighted by molar-refractivity contribution is 5.78. The lowest BCUT2D eigenvalue weighted by Crippen LogP contribution is -2.53. The fraction of sp³-hybridized carbons (Fsp3) is 0.611. The summed E-state index contributed by atoms with van der Waals surface area (Å²) in [5.74, 6) is 0.0988. The first-order valence-corrected chi connectivity index (χ1v) is 8.56. The highest BCUT2D eigenvalue weighted by Crippen LogP contribution is 2.34. The Morgan fingerprint density at radius 2 is 1.96 bits per heavy atom. The average molecular weight is 317 g/mol. The summed E-state index contributed by atoms with van der Waals surface area (Å²) < 4.78 is 0. The molecular weight excluding hydrogens is 290 g/mol. The van der Waals surface area contributed by atoms with E-state index in [9.17, 15) is 9.90 Å². The van der Waals surface area contributed by atoms with Gasteiger partial charge in [0.25, 0.3) is 0 Å². The number of amides is 1. The predicted octanol–water partition coefficient (Wildman–Crippen LogP) is 0.787. The van der Waals surface area contributed by atoms with Crippen molar-refractivity contribution in [3.05, 3.63) is 35.4 Å². The molecule has 1 aromatic rings. The number of aliphatic hydroxyl groups excluding tert-OH is 1. The van der Waals surface area contributed by atoms with E-state index in [1.54, 1.807) is 0 Å². The van der Waals surface area contributed by atoms with Gasteiger partial charge in [-0.3, -0.25) is 14.6 Å². The van der Waals surface area contributed by atoms with Crippen LogP contribution in [0.25, 0.3) is 0 Å². The first-order chi connectivity index (χ1) is 11.0. The van der Waals surface area contributed by atoms with Crippen LogP contribution in [-0.2, 0) is 11.2 Å². The van der Waals surface area contributed by atoms with Gasteiger partial charge in [0.1, 0.15) is 0 Å². The number of nitrogens with one attached hydrogen (secondary N) is 1. The van der Waals surface area contributed by atoms with Crippen molar-refractivity contribution in [3.8, 4) is 0 Å². The van der Waals surface area contributed by atoms with Crippen LogP contribution in [-0.4, -0.2) is 65.6 Å². The van der Waals surface area contributed by atoms with Gasteiger partial charge in [-0.05, 0) is 31.4 Å². The van der Waals surface area contributed by atoms with Gasteiger partial charge in [-0.1, -0.05) is 24.3 Å². The molecular formula is C18H27N3O2. The Bertz CT molecular complexity index is 553. The maximum Gasteiger partial charge on any atom is 0.234 e. The van der Waals surface area contributed by atoms with Crippen LogP contribution in [0.2, 0.25) is 0 Å². The molecule has 3 rings (SSSR count). The van der Waals surface area contributed by atoms with Crippen LogP contribution in [0.15, 0.2) is 24.3 Å². The van der Waals surface area contributed by atoms with Crippen molar-refractivity contribution in [1.82, 2.24) is 15.1 Å². The Hall–Kier alpha value is -1.43. The summed E-state index contributed by atoms with van der Waals surface area (Å²) >= 11 is 0. The second-order valence-electron chi connectivity index (χ2n) is 6.95. The van der Waals surface area contributed by atoms with E-state index in [0.29, 0.717) is 6.54 Å². The summed E-state index contributed by atoms with van der Waals surface area (Å²) in [5, 5.41) is 13.5. The fourth-order valence-corrected chi connectivity index (χ4v) is 3.71. The minimum absolute atomic E-state index is 0.0988. The lowest BCUT2D eigenvalue weighted by molar-refractivity contribution is -0.123. The molecule has 1 saturated heterocycles. The van der Waals surface area contributed by atoms with Crippen LogP contribution < -0.4 is 5.32 Å². The Labute approximate surface area is 138 Å². The standard InChI is InChI=1S/C18H27N3O2/c1-13(2)19-17(22)12-20-7-9-21(10-8-20)16-11-14-5-3-4-6-15(14)18(16)23/h3-6,13,16,18,23H,7-12H2,1-2H3,(H,19,22). The van der Waals surface area contributed by atoms with Gasteiger partial charge >= 0.3 is 0 Å². The molecule has 2 aliphatic rings. The summed E-state index contributed by atoms with van der Waals surface area (Å²) in [6.07, 6.45) is 0.535. The molecule has 5 heteroatoms. The molecule has 2 unspecified atom stereocenters. The Morgan fingerprint density at radius 3 is 2.61 bits per heavy atom. The monoisotopic (exact) mass is 317 g/mol. The molecule has 23 heavy (non-hydrogen) atoms. The first-order valence-electron chi connectivity index (χ1n) is 8.56. The molecule has 5 nitrogen and oxygen atoms in total. The zero-order chi connectivity index (χ0) is 16.4. The molecule has 2 atom stereocenters. The summed E-state index contributed by atoms with van der Waals surface area (Å²) in [4.78, 5) is 16.4. The molecule has 1 aliphatic heterocycles. The third kappa shape index (κ3) is 3.74. The number of carbonyl (C=O) groups is 1. The van der Waals surface area contributed by atoms with Crippen molar-refractivity contribution in [2.45, 2.75) is 38.5 Å². The second-order valence-corrected chi connectivity index (χ2v) is 6.95. The molecule has 1 aliphatic carbocycles. The molecule has 1 aromatic carbocycles. The van der Waals surface area contributed by atoms with Crippen LogP contribution in [0, 0.1) is 0 Å². The van der Waals surface area contributed by atoms with E-state index >= 15 is 0 Å². The van der Waals surface area contributed by atoms with E-state index in [1.165, 1.54) is 5.56 Å². The summed E-state index contributed by atoms with van der Waals surface area (Å²) in [6.45, 7) is 8.01. The normalized spacial score (nSPS) is 25.6. The SMILES string of the molecule is CC(C)NC(=O)CN1CCN(C2Cc3ccccc3C2O)CC1. The van der Waals surface area contributed by atoms with Crippen LogP contribution in [0.4, 0.5) is 0 Å². The minimum Gasteiger partial charge on any atom is -0.387 e. The molecule has 2 N–H and O–H groups in total. The van der Waals surface area contributed by atoms with Crippen molar-refractivity contribution in [3.63, 3.8) is 0 Å². The van der Waals surface area contributed by atoms with Gasteiger partial charge in [-0.2, -0.15) is 0 Å². The fourth-order valence-electron chi connectivity index (χ4n) is 3.71. The number of rotatable bonds is 4. The van der Waals surface area contributed by atoms with Crippen LogP contribution in [0.1, 0.15) is 31.1 Å². The summed E-state index contributed by atoms with van der Waals surface area (Å²) in [5.41, 5.74) is 2.35. The quantitative estimate of drug-likeness (QED) is 0.862. The lowest BCUT2D eigenvalue weighted by atomic mass is 10.1. The third-order valence-electron chi connectivity index (χ3n) is 4.86. The number of aliphatic hydroxyl groups is 1. The molecule has 1 heterocycles. The van der Waals surface area contributed by atoms with E-state index < -0.39 is 0 Å². The smallest absolute Gasteiger partial charge is 0.234 e. The predicted molar refractivity (Wildman–Crippen MR) is 90.2 cm³/mol. The molecule has 0 bridgehead atoms. The number of carbonyl (C=O) groups excluding carboxylic acids is 1. The maximum atomic E-state index is 11.9. The number of hydrogen-bond donors (Lipinski definition) is 2. The number of hydrogen-bond acceptors (Lipinski definition) is 4. The van der Waals surface area contributed by atoms with E-state index in [2.05, 4.69) is 21.2 Å².